The molecule has 0 saturated carbocycles. The van der Waals surface area contributed by atoms with Crippen LogP contribution in [0.1, 0.15) is 30.3 Å². The SMILES string of the molecule is Cc1csc2nc(CN3CCC(n4c(=O)[nH]c5ccccc54)CC3)cc(=O)n12. The van der Waals surface area contributed by atoms with Gasteiger partial charge < -0.3 is 4.98 Å². The van der Waals surface area contributed by atoms with Crippen LogP contribution in [0.4, 0.5) is 0 Å². The lowest BCUT2D eigenvalue weighted by Crippen LogP contribution is -2.37. The zero-order valence-electron chi connectivity index (χ0n) is 15.6. The number of aryl methyl sites for hydroxylation is 1. The van der Waals surface area contributed by atoms with Gasteiger partial charge in [0.1, 0.15) is 0 Å². The van der Waals surface area contributed by atoms with Gasteiger partial charge in [-0.15, -0.1) is 11.3 Å². The summed E-state index contributed by atoms with van der Waals surface area (Å²) in [5, 5.41) is 1.96. The Bertz CT molecular complexity index is 1270. The highest BCUT2D eigenvalue weighted by Crippen LogP contribution is 2.25. The Labute approximate surface area is 164 Å². The highest BCUT2D eigenvalue weighted by Gasteiger charge is 2.24. The second-order valence-electron chi connectivity index (χ2n) is 7.41. The number of aromatic nitrogens is 4. The summed E-state index contributed by atoms with van der Waals surface area (Å²) < 4.78 is 3.56. The van der Waals surface area contributed by atoms with Crippen molar-refractivity contribution in [2.45, 2.75) is 32.4 Å². The highest BCUT2D eigenvalue weighted by atomic mass is 32.1. The van der Waals surface area contributed by atoms with E-state index in [1.54, 1.807) is 10.5 Å². The molecule has 1 aromatic carbocycles. The predicted molar refractivity (Wildman–Crippen MR) is 110 cm³/mol. The summed E-state index contributed by atoms with van der Waals surface area (Å²) >= 11 is 1.50. The third-order valence-electron chi connectivity index (χ3n) is 5.56. The Morgan fingerprint density at radius 3 is 2.82 bits per heavy atom. The number of benzene rings is 1. The van der Waals surface area contributed by atoms with Gasteiger partial charge in [-0.2, -0.15) is 0 Å². The number of hydrogen-bond donors (Lipinski definition) is 1. The molecule has 28 heavy (non-hydrogen) atoms. The van der Waals surface area contributed by atoms with Crippen LogP contribution < -0.4 is 11.2 Å². The molecule has 0 atom stereocenters. The number of nitrogens with zero attached hydrogens (tertiary/aromatic N) is 4. The summed E-state index contributed by atoms with van der Waals surface area (Å²) in [5.74, 6) is 0. The predicted octanol–water partition coefficient (Wildman–Crippen LogP) is 2.54. The number of para-hydroxylation sites is 2. The van der Waals surface area contributed by atoms with Crippen LogP contribution in [0.15, 0.2) is 45.3 Å². The van der Waals surface area contributed by atoms with Crippen molar-refractivity contribution in [1.82, 2.24) is 23.8 Å². The van der Waals surface area contributed by atoms with Crippen molar-refractivity contribution in [3.8, 4) is 0 Å². The summed E-state index contributed by atoms with van der Waals surface area (Å²) in [6.07, 6.45) is 1.81. The number of H-pyrrole nitrogens is 1. The van der Waals surface area contributed by atoms with Crippen molar-refractivity contribution in [2.24, 2.45) is 0 Å². The van der Waals surface area contributed by atoms with Crippen LogP contribution in [0.5, 0.6) is 0 Å². The largest absolute Gasteiger partial charge is 0.326 e. The molecule has 0 aliphatic carbocycles. The third kappa shape index (κ3) is 2.89. The Hall–Kier alpha value is -2.71. The van der Waals surface area contributed by atoms with Gasteiger partial charge in [0.25, 0.3) is 5.56 Å². The summed E-state index contributed by atoms with van der Waals surface area (Å²) in [4.78, 5) is 35.5. The molecule has 1 N–H and O–H groups in total. The molecular weight excluding hydrogens is 374 g/mol. The maximum atomic E-state index is 12.4. The van der Waals surface area contributed by atoms with Crippen molar-refractivity contribution in [2.75, 3.05) is 13.1 Å². The topological polar surface area (TPSA) is 75.4 Å². The number of hydrogen-bond acceptors (Lipinski definition) is 5. The van der Waals surface area contributed by atoms with E-state index >= 15 is 0 Å². The number of aromatic amines is 1. The number of nitrogens with one attached hydrogen (secondary N) is 1. The average molecular weight is 395 g/mol. The molecule has 0 unspecified atom stereocenters. The van der Waals surface area contributed by atoms with Gasteiger partial charge in [-0.3, -0.25) is 18.7 Å². The van der Waals surface area contributed by atoms with Crippen LogP contribution in [-0.4, -0.2) is 36.9 Å². The highest BCUT2D eigenvalue weighted by molar-refractivity contribution is 7.15. The lowest BCUT2D eigenvalue weighted by Gasteiger charge is -2.32. The Morgan fingerprint density at radius 1 is 1.21 bits per heavy atom. The normalized spacial score (nSPS) is 16.3. The molecule has 1 aliphatic rings. The lowest BCUT2D eigenvalue weighted by atomic mass is 10.0. The lowest BCUT2D eigenvalue weighted by molar-refractivity contribution is 0.178. The summed E-state index contributed by atoms with van der Waals surface area (Å²) in [7, 11) is 0. The standard InChI is InChI=1S/C20H21N5O2S/c1-13-12-28-20-21-14(10-18(26)24(13)20)11-23-8-6-15(7-9-23)25-17-5-3-2-4-16(17)22-19(25)27/h2-5,10,12,15H,6-9,11H2,1H3,(H,22,27). The van der Waals surface area contributed by atoms with Gasteiger partial charge in [0.15, 0.2) is 4.96 Å². The van der Waals surface area contributed by atoms with Crippen molar-refractivity contribution in [3.05, 3.63) is 67.9 Å². The van der Waals surface area contributed by atoms with Gasteiger partial charge in [0.2, 0.25) is 0 Å². The number of piperidine rings is 1. The first-order valence-corrected chi connectivity index (χ1v) is 10.4. The van der Waals surface area contributed by atoms with Crippen LogP contribution in [0.3, 0.4) is 0 Å². The minimum atomic E-state index is -0.0344. The molecule has 7 nitrogen and oxygen atoms in total. The number of fused-ring (bicyclic) bond motifs is 2. The van der Waals surface area contributed by atoms with Crippen molar-refractivity contribution in [1.29, 1.82) is 0 Å². The van der Waals surface area contributed by atoms with Crippen LogP contribution in [0.2, 0.25) is 0 Å². The molecule has 0 radical (unpaired) electrons. The van der Waals surface area contributed by atoms with E-state index in [0.29, 0.717) is 6.54 Å². The van der Waals surface area contributed by atoms with Gasteiger partial charge in [0.05, 0.1) is 16.7 Å². The molecule has 0 bridgehead atoms. The molecule has 1 aliphatic heterocycles. The van der Waals surface area contributed by atoms with Crippen molar-refractivity contribution in [3.63, 3.8) is 0 Å². The van der Waals surface area contributed by atoms with E-state index in [0.717, 1.165) is 53.3 Å². The average Bonchev–Trinajstić information content (AvgIpc) is 3.22. The molecule has 8 heteroatoms. The minimum absolute atomic E-state index is 0.0148. The van der Waals surface area contributed by atoms with E-state index in [2.05, 4.69) is 14.9 Å². The maximum absolute atomic E-state index is 12.4. The number of imidazole rings is 1. The maximum Gasteiger partial charge on any atom is 0.326 e. The van der Waals surface area contributed by atoms with Gasteiger partial charge >= 0.3 is 5.69 Å². The first-order valence-electron chi connectivity index (χ1n) is 9.48. The second kappa shape index (κ2) is 6.72. The van der Waals surface area contributed by atoms with Crippen LogP contribution >= 0.6 is 11.3 Å². The van der Waals surface area contributed by atoms with E-state index in [9.17, 15) is 9.59 Å². The Kier molecular flexibility index (Phi) is 4.17. The first kappa shape index (κ1) is 17.4. The summed E-state index contributed by atoms with van der Waals surface area (Å²) in [6, 6.07) is 9.68. The molecule has 1 saturated heterocycles. The quantitative estimate of drug-likeness (QED) is 0.578. The zero-order chi connectivity index (χ0) is 19.3. The van der Waals surface area contributed by atoms with E-state index < -0.39 is 0 Å². The van der Waals surface area contributed by atoms with Crippen LogP contribution in [0.25, 0.3) is 16.0 Å². The van der Waals surface area contributed by atoms with E-state index in [1.807, 2.05) is 41.1 Å². The molecule has 144 valence electrons. The fourth-order valence-corrected chi connectivity index (χ4v) is 5.07. The minimum Gasteiger partial charge on any atom is -0.306 e. The van der Waals surface area contributed by atoms with Crippen molar-refractivity contribution >= 4 is 27.3 Å². The summed E-state index contributed by atoms with van der Waals surface area (Å²) in [5.41, 5.74) is 3.55. The van der Waals surface area contributed by atoms with E-state index in [1.165, 1.54) is 11.3 Å². The number of likely N-dealkylation sites (tertiary alicyclic amines) is 1. The fourth-order valence-electron chi connectivity index (χ4n) is 4.18. The first-order chi connectivity index (χ1) is 13.6. The number of rotatable bonds is 3. The van der Waals surface area contributed by atoms with Gasteiger partial charge in [-0.05, 0) is 31.9 Å². The monoisotopic (exact) mass is 395 g/mol. The second-order valence-corrected chi connectivity index (χ2v) is 8.24. The van der Waals surface area contributed by atoms with E-state index in [4.69, 9.17) is 0 Å². The Morgan fingerprint density at radius 2 is 2.00 bits per heavy atom. The van der Waals surface area contributed by atoms with Gasteiger partial charge in [0, 0.05) is 42.8 Å². The number of thiazole rings is 1. The van der Waals surface area contributed by atoms with Crippen molar-refractivity contribution < 1.29 is 0 Å². The van der Waals surface area contributed by atoms with Crippen LogP contribution in [0, 0.1) is 6.92 Å². The smallest absolute Gasteiger partial charge is 0.306 e. The molecule has 4 aromatic rings. The summed E-state index contributed by atoms with van der Waals surface area (Å²) in [6.45, 7) is 4.34. The molecule has 1 fully saturated rings. The molecule has 5 rings (SSSR count). The molecule has 0 spiro atoms. The molecule has 0 amide bonds. The van der Waals surface area contributed by atoms with Crippen LogP contribution in [-0.2, 0) is 6.54 Å². The Balaban J connectivity index is 1.33. The van der Waals surface area contributed by atoms with Gasteiger partial charge in [-0.25, -0.2) is 9.78 Å². The van der Waals surface area contributed by atoms with E-state index in [-0.39, 0.29) is 17.3 Å². The molecule has 3 aromatic heterocycles. The zero-order valence-corrected chi connectivity index (χ0v) is 16.4. The van der Waals surface area contributed by atoms with Gasteiger partial charge in [-0.1, -0.05) is 12.1 Å². The molecule has 4 heterocycles. The third-order valence-corrected chi connectivity index (χ3v) is 6.50. The molecular formula is C20H21N5O2S. The fraction of sp³-hybridized carbons (Fsp3) is 0.350.